The minimum absolute atomic E-state index is 0.105. The molecule has 3 heterocycles. The van der Waals surface area contributed by atoms with Gasteiger partial charge in [-0.25, -0.2) is 9.37 Å². The molecule has 0 spiro atoms. The number of nitrogens with one attached hydrogen (secondary N) is 1. The summed E-state index contributed by atoms with van der Waals surface area (Å²) < 4.78 is 143. The molecular weight excluding hydrogens is 381 g/mol. The van der Waals surface area contributed by atoms with E-state index in [0.717, 1.165) is 10.7 Å². The number of benzene rings is 1. The number of nitrogens with zero attached hydrogens (tertiary/aromatic N) is 3. The maximum atomic E-state index is 15.0. The van der Waals surface area contributed by atoms with Crippen molar-refractivity contribution in [1.29, 1.82) is 0 Å². The zero-order valence-corrected chi connectivity index (χ0v) is 15.6. The normalized spacial score (nSPS) is 30.0. The first-order valence-corrected chi connectivity index (χ1v) is 8.83. The molecule has 1 atom stereocenters. The molecule has 3 N–H and O–H groups in total. The van der Waals surface area contributed by atoms with E-state index in [1.807, 2.05) is 0 Å². The van der Waals surface area contributed by atoms with Crippen LogP contribution in [-0.2, 0) is 0 Å². The molecular formula is C23H28FN5O. The molecule has 30 heavy (non-hydrogen) atoms. The lowest BCUT2D eigenvalue weighted by atomic mass is 9.98. The molecule has 1 fully saturated rings. The highest BCUT2D eigenvalue weighted by Crippen LogP contribution is 2.33. The van der Waals surface area contributed by atoms with Crippen molar-refractivity contribution in [2.75, 3.05) is 18.7 Å². The van der Waals surface area contributed by atoms with Gasteiger partial charge in [0.25, 0.3) is 0 Å². The Labute approximate surface area is 197 Å². The van der Waals surface area contributed by atoms with Crippen molar-refractivity contribution in [3.8, 4) is 16.9 Å². The van der Waals surface area contributed by atoms with Gasteiger partial charge in [-0.3, -0.25) is 4.68 Å². The first-order chi connectivity index (χ1) is 20.2. The van der Waals surface area contributed by atoms with Crippen molar-refractivity contribution in [2.45, 2.75) is 45.5 Å². The van der Waals surface area contributed by atoms with Crippen LogP contribution >= 0.6 is 0 Å². The van der Waals surface area contributed by atoms with Crippen LogP contribution in [0.1, 0.15) is 69.0 Å². The van der Waals surface area contributed by atoms with Gasteiger partial charge in [0.05, 0.1) is 15.0 Å². The fraction of sp³-hybridized carbons (Fsp3) is 0.391. The lowest BCUT2D eigenvalue weighted by molar-refractivity contribution is 0.225. The van der Waals surface area contributed by atoms with Gasteiger partial charge in [-0.15, -0.1) is 0 Å². The highest BCUT2D eigenvalue weighted by Gasteiger charge is 2.19. The molecule has 1 aliphatic heterocycles. The van der Waals surface area contributed by atoms with E-state index in [2.05, 4.69) is 15.4 Å². The number of hydrogen-bond acceptors (Lipinski definition) is 5. The summed E-state index contributed by atoms with van der Waals surface area (Å²) in [6.45, 7) is -14.7. The molecule has 3 aromatic rings. The van der Waals surface area contributed by atoms with E-state index < -0.39 is 92.6 Å². The van der Waals surface area contributed by atoms with Crippen LogP contribution < -0.4 is 15.8 Å². The summed E-state index contributed by atoms with van der Waals surface area (Å²) >= 11 is 0. The highest BCUT2D eigenvalue weighted by molar-refractivity contribution is 5.66. The third-order valence-corrected chi connectivity index (χ3v) is 4.48. The van der Waals surface area contributed by atoms with E-state index in [0.29, 0.717) is 12.1 Å². The second-order valence-corrected chi connectivity index (χ2v) is 6.46. The van der Waals surface area contributed by atoms with Gasteiger partial charge >= 0.3 is 0 Å². The number of nitrogens with two attached hydrogens (primary N) is 1. The monoisotopic (exact) mass is 424 g/mol. The zero-order chi connectivity index (χ0) is 34.2. The Bertz CT molecular complexity index is 1580. The summed E-state index contributed by atoms with van der Waals surface area (Å²) in [5.74, 6) is -2.59. The molecule has 0 saturated carbocycles. The molecule has 0 bridgehead atoms. The number of aromatic nitrogens is 3. The summed E-state index contributed by atoms with van der Waals surface area (Å²) in [5, 5.41) is 6.29. The van der Waals surface area contributed by atoms with Gasteiger partial charge < -0.3 is 15.8 Å². The Morgan fingerprint density at radius 3 is 3.00 bits per heavy atom. The van der Waals surface area contributed by atoms with Crippen LogP contribution in [0.3, 0.4) is 0 Å². The predicted molar refractivity (Wildman–Crippen MR) is 116 cm³/mol. The molecule has 1 aromatic carbocycles. The highest BCUT2D eigenvalue weighted by atomic mass is 19.1. The van der Waals surface area contributed by atoms with Gasteiger partial charge in [-0.1, -0.05) is 6.07 Å². The van der Waals surface area contributed by atoms with Crippen LogP contribution in [0, 0.1) is 19.5 Å². The summed E-state index contributed by atoms with van der Waals surface area (Å²) in [7, 11) is 0. The molecule has 1 aliphatic rings. The summed E-state index contributed by atoms with van der Waals surface area (Å²) in [6.07, 6.45) is -0.791. The lowest BCUT2D eigenvalue weighted by Gasteiger charge is -2.22. The second kappa shape index (κ2) is 8.44. The predicted octanol–water partition coefficient (Wildman–Crippen LogP) is 4.35. The van der Waals surface area contributed by atoms with E-state index >= 15 is 4.39 Å². The van der Waals surface area contributed by atoms with Crippen LogP contribution in [-0.4, -0.2) is 27.8 Å². The fourth-order valence-corrected chi connectivity index (χ4v) is 2.89. The molecule has 4 rings (SSSR count). The molecule has 2 aromatic heterocycles. The first-order valence-electron chi connectivity index (χ1n) is 16.3. The summed E-state index contributed by atoms with van der Waals surface area (Å²) in [5.41, 5.74) is 2.73. The number of aryl methyl sites for hydroxylation is 1. The molecule has 0 aliphatic carbocycles. The minimum Gasteiger partial charge on any atom is -0.482 e. The zero-order valence-electron chi connectivity index (χ0n) is 30.6. The first kappa shape index (κ1) is 9.06. The van der Waals surface area contributed by atoms with E-state index in [-0.39, 0.29) is 11.1 Å². The Morgan fingerprint density at radius 1 is 1.37 bits per heavy atom. The van der Waals surface area contributed by atoms with Crippen LogP contribution in [0.2, 0.25) is 0 Å². The maximum absolute atomic E-state index is 15.0. The fourth-order valence-electron chi connectivity index (χ4n) is 2.89. The van der Waals surface area contributed by atoms with Crippen LogP contribution in [0.5, 0.6) is 5.75 Å². The molecule has 6 nitrogen and oxygen atoms in total. The Morgan fingerprint density at radius 2 is 2.23 bits per heavy atom. The van der Waals surface area contributed by atoms with Gasteiger partial charge in [0, 0.05) is 46.9 Å². The van der Waals surface area contributed by atoms with Crippen molar-refractivity contribution < 1.29 is 29.7 Å². The van der Waals surface area contributed by atoms with Crippen molar-refractivity contribution >= 4 is 5.82 Å². The number of ether oxygens (including phenoxy) is 1. The smallest absolute Gasteiger partial charge is 0.166 e. The van der Waals surface area contributed by atoms with Gasteiger partial charge in [0.2, 0.25) is 0 Å². The minimum atomic E-state index is -3.63. The van der Waals surface area contributed by atoms with E-state index in [9.17, 15) is 0 Å². The van der Waals surface area contributed by atoms with Gasteiger partial charge in [-0.05, 0) is 69.7 Å². The van der Waals surface area contributed by atoms with Gasteiger partial charge in [0.15, 0.2) is 11.6 Å². The Hall–Kier alpha value is -2.93. The topological polar surface area (TPSA) is 78.0 Å². The molecule has 0 radical (unpaired) electrons. The third kappa shape index (κ3) is 4.03. The average Bonchev–Trinajstić information content (AvgIpc) is 3.32. The van der Waals surface area contributed by atoms with Gasteiger partial charge in [-0.2, -0.15) is 5.10 Å². The van der Waals surface area contributed by atoms with Crippen molar-refractivity contribution in [3.63, 3.8) is 0 Å². The third-order valence-electron chi connectivity index (χ3n) is 4.48. The van der Waals surface area contributed by atoms with Crippen LogP contribution in [0.15, 0.2) is 36.8 Å². The number of anilines is 1. The van der Waals surface area contributed by atoms with Crippen LogP contribution in [0.25, 0.3) is 11.1 Å². The Kier molecular flexibility index (Phi) is 2.55. The van der Waals surface area contributed by atoms with Crippen molar-refractivity contribution in [3.05, 3.63) is 59.3 Å². The number of nitrogen functional groups attached to an aromatic ring is 1. The van der Waals surface area contributed by atoms with E-state index in [1.54, 1.807) is 0 Å². The van der Waals surface area contributed by atoms with Gasteiger partial charge in [0.1, 0.15) is 11.9 Å². The molecule has 1 saturated heterocycles. The molecule has 158 valence electrons. The quantitative estimate of drug-likeness (QED) is 0.637. The summed E-state index contributed by atoms with van der Waals surface area (Å²) in [4.78, 5) is 3.94. The summed E-state index contributed by atoms with van der Waals surface area (Å²) in [6, 6.07) is 0.447. The van der Waals surface area contributed by atoms with Crippen LogP contribution in [0.4, 0.5) is 10.2 Å². The molecule has 0 amide bonds. The number of halogens is 1. The molecule has 7 heteroatoms. The standard InChI is InChI=1S/C23H28FN5O/c1-14-4-5-20(24)15(2)22(14)16(3)30-21-10-17(11-27-23(21)25)18-12-28-29(13-18)19-6-8-26-9-7-19/h4-5,10-13,16,19,26H,6-9H2,1-3H3,(H2,25,27)/t16-/m0/s1/i1D3,2D3,3D3,8D2,9D2,16D,19D. The molecule has 0 unspecified atom stereocenters. The van der Waals surface area contributed by atoms with E-state index in [1.165, 1.54) is 18.6 Å². The van der Waals surface area contributed by atoms with E-state index in [4.69, 9.17) is 31.0 Å². The lowest BCUT2D eigenvalue weighted by Crippen LogP contribution is -2.29. The average molecular weight is 425 g/mol. The van der Waals surface area contributed by atoms with Crippen molar-refractivity contribution in [1.82, 2.24) is 20.1 Å². The Balaban J connectivity index is 1.85. The van der Waals surface area contributed by atoms with Crippen molar-refractivity contribution in [2.24, 2.45) is 0 Å². The number of hydrogen-bond donors (Lipinski definition) is 2. The largest absolute Gasteiger partial charge is 0.482 e. The number of pyridine rings is 1. The maximum Gasteiger partial charge on any atom is 0.166 e. The SMILES string of the molecule is [2H]C1([2H])CC([2H])(n2cc(-c3cnc(N)c(O[C@]([2H])(c4c(C([2H])([2H])[2H])ccc(F)c4C([2H])([2H])[2H])C([2H])([2H])[2H])c3)cn2)CC([2H])([2H])N1. The number of piperidine rings is 1. The number of rotatable bonds is 5. The second-order valence-electron chi connectivity index (χ2n) is 6.46.